The van der Waals surface area contributed by atoms with Crippen LogP contribution in [0.5, 0.6) is 11.5 Å². The minimum atomic E-state index is -0.546. The highest BCUT2D eigenvalue weighted by atomic mass is 127. The smallest absolute Gasteiger partial charge is 0.266 e. The van der Waals surface area contributed by atoms with Crippen LogP contribution in [0.2, 0.25) is 5.02 Å². The Morgan fingerprint density at radius 2 is 1.81 bits per heavy atom. The quantitative estimate of drug-likeness (QED) is 0.127. The molecule has 180 valence electrons. The molecule has 0 fully saturated rings. The van der Waals surface area contributed by atoms with Gasteiger partial charge in [0.05, 0.1) is 20.9 Å². The summed E-state index contributed by atoms with van der Waals surface area (Å²) in [5, 5.41) is 15.0. The fourth-order valence-electron chi connectivity index (χ4n) is 3.71. The Morgan fingerprint density at radius 3 is 2.58 bits per heavy atom. The maximum Gasteiger partial charge on any atom is 0.266 e. The van der Waals surface area contributed by atoms with Crippen molar-refractivity contribution in [1.29, 1.82) is 5.26 Å². The van der Waals surface area contributed by atoms with E-state index in [2.05, 4.69) is 46.1 Å². The minimum absolute atomic E-state index is 0.0578. The second-order valence-electron chi connectivity index (χ2n) is 7.79. The van der Waals surface area contributed by atoms with E-state index in [0.29, 0.717) is 41.0 Å². The van der Waals surface area contributed by atoms with Gasteiger partial charge in [-0.1, -0.05) is 66.2 Å². The predicted octanol–water partition coefficient (Wildman–Crippen LogP) is 7.62. The summed E-state index contributed by atoms with van der Waals surface area (Å²) in [4.78, 5) is 12.7. The second-order valence-corrected chi connectivity index (χ2v) is 9.36. The van der Waals surface area contributed by atoms with Crippen molar-refractivity contribution in [2.75, 3.05) is 11.9 Å². The lowest BCUT2D eigenvalue weighted by Gasteiger charge is -2.16. The molecule has 0 spiro atoms. The summed E-state index contributed by atoms with van der Waals surface area (Å²) in [6, 6.07) is 26.8. The number of fused-ring (bicyclic) bond motifs is 1. The highest BCUT2D eigenvalue weighted by molar-refractivity contribution is 14.1. The normalized spacial score (nSPS) is 11.1. The summed E-state index contributed by atoms with van der Waals surface area (Å²) < 4.78 is 12.9. The third-order valence-electron chi connectivity index (χ3n) is 5.38. The first-order valence-corrected chi connectivity index (χ1v) is 12.7. The molecule has 1 amide bonds. The lowest BCUT2D eigenvalue weighted by Crippen LogP contribution is -2.13. The van der Waals surface area contributed by atoms with Crippen LogP contribution in [0.15, 0.2) is 84.4 Å². The highest BCUT2D eigenvalue weighted by Gasteiger charge is 2.16. The molecule has 36 heavy (non-hydrogen) atoms. The zero-order valence-corrected chi connectivity index (χ0v) is 22.3. The number of nitrogens with one attached hydrogen (secondary N) is 1. The number of carbonyl (C=O) groups is 1. The molecule has 1 N–H and O–H groups in total. The topological polar surface area (TPSA) is 71.3 Å². The van der Waals surface area contributed by atoms with Gasteiger partial charge in [-0.3, -0.25) is 4.79 Å². The summed E-state index contributed by atoms with van der Waals surface area (Å²) in [5.74, 6) is 0.607. The molecule has 4 aromatic carbocycles. The average Bonchev–Trinajstić information content (AvgIpc) is 2.88. The molecule has 0 aromatic heterocycles. The van der Waals surface area contributed by atoms with Crippen molar-refractivity contribution in [3.8, 4) is 17.6 Å². The molecule has 0 saturated heterocycles. The summed E-state index contributed by atoms with van der Waals surface area (Å²) in [5.41, 5.74) is 2.09. The fraction of sp³-hybridized carbons (Fsp3) is 0.103. The first-order chi connectivity index (χ1) is 17.5. The number of nitrogens with zero attached hydrogens (tertiary/aromatic N) is 1. The summed E-state index contributed by atoms with van der Waals surface area (Å²) >= 11 is 8.30. The molecule has 4 aromatic rings. The molecular formula is C29H22ClIN2O3. The van der Waals surface area contributed by atoms with Gasteiger partial charge >= 0.3 is 0 Å². The van der Waals surface area contributed by atoms with Gasteiger partial charge in [-0.2, -0.15) is 5.26 Å². The largest absolute Gasteiger partial charge is 0.490 e. The average molecular weight is 609 g/mol. The first kappa shape index (κ1) is 25.5. The van der Waals surface area contributed by atoms with Crippen molar-refractivity contribution in [3.05, 3.63) is 104 Å². The zero-order valence-electron chi connectivity index (χ0n) is 19.4. The number of anilines is 1. The van der Waals surface area contributed by atoms with Crippen LogP contribution in [0.3, 0.4) is 0 Å². The molecular weight excluding hydrogens is 587 g/mol. The predicted molar refractivity (Wildman–Crippen MR) is 152 cm³/mol. The third kappa shape index (κ3) is 5.99. The van der Waals surface area contributed by atoms with E-state index in [9.17, 15) is 10.1 Å². The van der Waals surface area contributed by atoms with E-state index >= 15 is 0 Å². The van der Waals surface area contributed by atoms with E-state index in [1.54, 1.807) is 30.3 Å². The van der Waals surface area contributed by atoms with Crippen molar-refractivity contribution < 1.29 is 14.3 Å². The van der Waals surface area contributed by atoms with E-state index in [1.807, 2.05) is 43.3 Å². The van der Waals surface area contributed by atoms with Gasteiger partial charge < -0.3 is 14.8 Å². The Labute approximate surface area is 228 Å². The van der Waals surface area contributed by atoms with E-state index in [4.69, 9.17) is 21.1 Å². The lowest BCUT2D eigenvalue weighted by molar-refractivity contribution is -0.112. The van der Waals surface area contributed by atoms with Gasteiger partial charge in [-0.05, 0) is 81.8 Å². The molecule has 0 aliphatic carbocycles. The number of amides is 1. The van der Waals surface area contributed by atoms with Gasteiger partial charge in [0.15, 0.2) is 11.5 Å². The van der Waals surface area contributed by atoms with Gasteiger partial charge in [0.25, 0.3) is 5.91 Å². The van der Waals surface area contributed by atoms with Gasteiger partial charge in [0.2, 0.25) is 0 Å². The molecule has 0 bridgehead atoms. The Kier molecular flexibility index (Phi) is 8.47. The van der Waals surface area contributed by atoms with Gasteiger partial charge in [0, 0.05) is 0 Å². The van der Waals surface area contributed by atoms with E-state index < -0.39 is 5.91 Å². The molecule has 4 rings (SSSR count). The Balaban J connectivity index is 1.60. The molecule has 0 atom stereocenters. The molecule has 0 saturated carbocycles. The number of rotatable bonds is 8. The van der Waals surface area contributed by atoms with Crippen LogP contribution in [0.4, 0.5) is 5.69 Å². The molecule has 0 aliphatic rings. The van der Waals surface area contributed by atoms with Crippen molar-refractivity contribution in [3.63, 3.8) is 0 Å². The number of carbonyl (C=O) groups excluding carboxylic acids is 1. The van der Waals surface area contributed by atoms with E-state index in [1.165, 1.54) is 6.08 Å². The van der Waals surface area contributed by atoms with Gasteiger partial charge in [0.1, 0.15) is 18.2 Å². The molecule has 7 heteroatoms. The van der Waals surface area contributed by atoms with Crippen LogP contribution in [0.25, 0.3) is 16.8 Å². The number of benzene rings is 4. The van der Waals surface area contributed by atoms with Crippen molar-refractivity contribution in [2.24, 2.45) is 0 Å². The molecule has 0 heterocycles. The van der Waals surface area contributed by atoms with Crippen LogP contribution >= 0.6 is 34.2 Å². The van der Waals surface area contributed by atoms with Crippen LogP contribution in [0, 0.1) is 14.9 Å². The third-order valence-corrected chi connectivity index (χ3v) is 6.51. The summed E-state index contributed by atoms with van der Waals surface area (Å²) in [7, 11) is 0. The lowest BCUT2D eigenvalue weighted by atomic mass is 10.1. The first-order valence-electron chi connectivity index (χ1n) is 11.2. The van der Waals surface area contributed by atoms with Crippen molar-refractivity contribution in [2.45, 2.75) is 13.5 Å². The minimum Gasteiger partial charge on any atom is -0.490 e. The zero-order chi connectivity index (χ0) is 25.5. The second kappa shape index (κ2) is 11.9. The fourth-order valence-corrected chi connectivity index (χ4v) is 4.67. The van der Waals surface area contributed by atoms with Crippen molar-refractivity contribution >= 4 is 62.6 Å². The SMILES string of the molecule is CCOc1cc(/C=C(\C#N)C(=O)Nc2ccccc2Cl)cc(I)c1OCc1cccc2ccccc12. The monoisotopic (exact) mass is 608 g/mol. The molecule has 0 radical (unpaired) electrons. The molecule has 5 nitrogen and oxygen atoms in total. The van der Waals surface area contributed by atoms with Crippen LogP contribution in [-0.4, -0.2) is 12.5 Å². The number of ether oxygens (including phenoxy) is 2. The number of para-hydroxylation sites is 1. The maximum absolute atomic E-state index is 12.7. The van der Waals surface area contributed by atoms with Crippen LogP contribution < -0.4 is 14.8 Å². The van der Waals surface area contributed by atoms with E-state index in [-0.39, 0.29) is 5.57 Å². The van der Waals surface area contributed by atoms with Gasteiger partial charge in [-0.25, -0.2) is 0 Å². The molecule has 0 aliphatic heterocycles. The Hall–Kier alpha value is -3.54. The Morgan fingerprint density at radius 1 is 1.06 bits per heavy atom. The van der Waals surface area contributed by atoms with Crippen LogP contribution in [0.1, 0.15) is 18.1 Å². The standard InChI is InChI=1S/C29H22ClIN2O3/c1-2-35-27-16-19(14-22(17-32)29(34)33-26-13-6-5-12-24(26)30)15-25(31)28(27)36-18-21-10-7-9-20-8-3-4-11-23(20)21/h3-16H,2,18H2,1H3,(H,33,34)/b22-14+. The number of hydrogen-bond acceptors (Lipinski definition) is 4. The van der Waals surface area contributed by atoms with Crippen LogP contribution in [-0.2, 0) is 11.4 Å². The number of nitriles is 1. The number of hydrogen-bond donors (Lipinski definition) is 1. The number of halogens is 2. The summed E-state index contributed by atoms with van der Waals surface area (Å²) in [6.07, 6.45) is 1.52. The van der Waals surface area contributed by atoms with Crippen molar-refractivity contribution in [1.82, 2.24) is 0 Å². The molecule has 0 unspecified atom stereocenters. The van der Waals surface area contributed by atoms with Gasteiger partial charge in [-0.15, -0.1) is 0 Å². The highest BCUT2D eigenvalue weighted by Crippen LogP contribution is 2.36. The van der Waals surface area contributed by atoms with E-state index in [0.717, 1.165) is 19.9 Å². The summed E-state index contributed by atoms with van der Waals surface area (Å²) in [6.45, 7) is 2.70. The maximum atomic E-state index is 12.7. The Bertz CT molecular complexity index is 1490.